The van der Waals surface area contributed by atoms with Crippen molar-refractivity contribution in [3.63, 3.8) is 0 Å². The number of ether oxygens (including phenoxy) is 1. The predicted octanol–water partition coefficient (Wildman–Crippen LogP) is 3.21. The highest BCUT2D eigenvalue weighted by Crippen LogP contribution is 2.57. The van der Waals surface area contributed by atoms with Crippen LogP contribution in [0.1, 0.15) is 57.7 Å². The van der Waals surface area contributed by atoms with Crippen LogP contribution >= 0.6 is 0 Å². The van der Waals surface area contributed by atoms with Gasteiger partial charge in [0, 0.05) is 48.8 Å². The second-order valence-electron chi connectivity index (χ2n) is 13.7. The number of aliphatic hydroxyl groups is 2. The first kappa shape index (κ1) is 32.4. The summed E-state index contributed by atoms with van der Waals surface area (Å²) in [6, 6.07) is 1.10. The highest BCUT2D eigenvalue weighted by Gasteiger charge is 2.62. The first-order valence-corrected chi connectivity index (χ1v) is 14.7. The van der Waals surface area contributed by atoms with Crippen molar-refractivity contribution in [1.29, 1.82) is 0 Å². The summed E-state index contributed by atoms with van der Waals surface area (Å²) in [5, 5.41) is 26.5. The molecule has 3 aliphatic carbocycles. The lowest BCUT2D eigenvalue weighted by Gasteiger charge is -2.51. The van der Waals surface area contributed by atoms with Crippen LogP contribution in [0.15, 0.2) is 23.0 Å². The van der Waals surface area contributed by atoms with E-state index in [9.17, 15) is 29.4 Å². The molecular weight excluding hydrogens is 550 g/mol. The Bertz CT molecular complexity index is 1460. The van der Waals surface area contributed by atoms with Gasteiger partial charge in [0.05, 0.1) is 30.7 Å². The maximum Gasteiger partial charge on any atom is 0.187 e. The van der Waals surface area contributed by atoms with Crippen LogP contribution in [0, 0.1) is 17.3 Å². The first-order chi connectivity index (χ1) is 19.9. The molecule has 43 heavy (non-hydrogen) atoms. The van der Waals surface area contributed by atoms with E-state index in [1.54, 1.807) is 25.9 Å². The minimum atomic E-state index is -1.59. The fourth-order valence-corrected chi connectivity index (χ4v) is 7.13. The number of Topliss-reactive ketones (excluding diaryl/α,β-unsaturated/α-hetero) is 4. The third kappa shape index (κ3) is 5.29. The molecule has 3 aliphatic rings. The lowest BCUT2D eigenvalue weighted by atomic mass is 9.52. The molecule has 10 heteroatoms. The molecule has 0 aliphatic heterocycles. The fourth-order valence-electron chi connectivity index (χ4n) is 7.13. The molecule has 3 N–H and O–H groups in total. The Kier molecular flexibility index (Phi) is 8.45. The lowest BCUT2D eigenvalue weighted by Crippen LogP contribution is -2.60. The minimum absolute atomic E-state index is 0.0538. The van der Waals surface area contributed by atoms with Crippen LogP contribution in [0.4, 0.5) is 5.69 Å². The molecule has 0 radical (unpaired) electrons. The number of aliphatic hydroxyl groups excluding tert-OH is 2. The van der Waals surface area contributed by atoms with Crippen LogP contribution in [0.3, 0.4) is 0 Å². The number of hydrogen-bond acceptors (Lipinski definition) is 10. The molecule has 4 atom stereocenters. The summed E-state index contributed by atoms with van der Waals surface area (Å²) in [6.45, 7) is 8.86. The van der Waals surface area contributed by atoms with Crippen molar-refractivity contribution in [2.75, 3.05) is 46.7 Å². The SMILES string of the molecule is COc1c(CC(=O)CNC(C)(C)C)cc(N(C)C)c2c1C(O)=C1C(=O)[C@]3(C)C(O)=C(C(C)=O)C(=O)[C@@H](N(C)C)[C@@H]3C[C@@H]1C2. The number of anilines is 1. The summed E-state index contributed by atoms with van der Waals surface area (Å²) >= 11 is 0. The quantitative estimate of drug-likeness (QED) is 0.384. The normalized spacial score (nSPS) is 25.4. The zero-order chi connectivity index (χ0) is 32.3. The van der Waals surface area contributed by atoms with E-state index in [1.165, 1.54) is 14.0 Å². The van der Waals surface area contributed by atoms with Gasteiger partial charge in [0.15, 0.2) is 23.1 Å². The molecule has 0 heterocycles. The van der Waals surface area contributed by atoms with E-state index in [1.807, 2.05) is 45.8 Å². The maximum absolute atomic E-state index is 14.5. The van der Waals surface area contributed by atoms with Crippen molar-refractivity contribution in [1.82, 2.24) is 10.2 Å². The maximum atomic E-state index is 14.5. The van der Waals surface area contributed by atoms with Gasteiger partial charge < -0.3 is 25.2 Å². The molecule has 1 aromatic rings. The van der Waals surface area contributed by atoms with E-state index in [0.717, 1.165) is 11.3 Å². The van der Waals surface area contributed by atoms with Gasteiger partial charge in [-0.2, -0.15) is 0 Å². The minimum Gasteiger partial charge on any atom is -0.510 e. The average molecular weight is 596 g/mol. The van der Waals surface area contributed by atoms with Crippen molar-refractivity contribution < 1.29 is 34.1 Å². The predicted molar refractivity (Wildman–Crippen MR) is 165 cm³/mol. The van der Waals surface area contributed by atoms with Gasteiger partial charge in [-0.3, -0.25) is 24.1 Å². The van der Waals surface area contributed by atoms with Crippen molar-refractivity contribution in [3.05, 3.63) is 39.7 Å². The molecular formula is C33H45N3O7. The van der Waals surface area contributed by atoms with E-state index >= 15 is 0 Å². The Hall–Kier alpha value is -3.50. The number of ketones is 4. The molecule has 0 saturated heterocycles. The van der Waals surface area contributed by atoms with E-state index in [-0.39, 0.29) is 41.2 Å². The number of carbonyl (C=O) groups excluding carboxylic acids is 4. The molecule has 0 spiro atoms. The summed E-state index contributed by atoms with van der Waals surface area (Å²) in [5.74, 6) is -3.21. The van der Waals surface area contributed by atoms with Gasteiger partial charge >= 0.3 is 0 Å². The van der Waals surface area contributed by atoms with E-state index in [2.05, 4.69) is 5.32 Å². The third-order valence-corrected chi connectivity index (χ3v) is 9.21. The van der Waals surface area contributed by atoms with Crippen molar-refractivity contribution >= 4 is 34.6 Å². The van der Waals surface area contributed by atoms with Crippen LogP contribution in [0.5, 0.6) is 5.75 Å². The molecule has 1 aromatic carbocycles. The van der Waals surface area contributed by atoms with Crippen LogP contribution in [0.2, 0.25) is 0 Å². The number of methoxy groups -OCH3 is 1. The summed E-state index contributed by atoms with van der Waals surface area (Å²) in [4.78, 5) is 57.2. The third-order valence-electron chi connectivity index (χ3n) is 9.21. The standard InChI is InChI=1S/C33H45N3O7/c1-16(37)23-28(40)26(36(8)9)21-13-17-12-20-22(35(6)7)14-18(11-19(38)15-34-32(2,3)4)29(43-10)25(20)27(39)24(17)31(42)33(21,5)30(23)41/h14,17,21,26,34,39,41H,11-13,15H2,1-10H3/t17-,21-,26-,33-/m0/s1. The summed E-state index contributed by atoms with van der Waals surface area (Å²) in [6.07, 6.45) is 0.770. The fraction of sp³-hybridized carbons (Fsp3) is 0.576. The van der Waals surface area contributed by atoms with Crippen LogP contribution < -0.4 is 15.0 Å². The van der Waals surface area contributed by atoms with Crippen LogP contribution in [-0.4, -0.2) is 91.7 Å². The number of allylic oxidation sites excluding steroid dienone is 2. The Morgan fingerprint density at radius 3 is 2.28 bits per heavy atom. The average Bonchev–Trinajstić information content (AvgIpc) is 2.88. The summed E-state index contributed by atoms with van der Waals surface area (Å²) < 4.78 is 5.82. The van der Waals surface area contributed by atoms with Crippen molar-refractivity contribution in [3.8, 4) is 5.75 Å². The van der Waals surface area contributed by atoms with Gasteiger partial charge in [-0.05, 0) is 79.1 Å². The molecule has 234 valence electrons. The van der Waals surface area contributed by atoms with Crippen LogP contribution in [-0.2, 0) is 32.0 Å². The number of nitrogens with zero attached hydrogens (tertiary/aromatic N) is 2. The summed E-state index contributed by atoms with van der Waals surface area (Å²) in [7, 11) is 8.67. The van der Waals surface area contributed by atoms with Gasteiger partial charge in [-0.25, -0.2) is 0 Å². The van der Waals surface area contributed by atoms with Crippen molar-refractivity contribution in [2.45, 2.75) is 65.5 Å². The Balaban J connectivity index is 1.92. The number of benzene rings is 1. The van der Waals surface area contributed by atoms with E-state index in [0.29, 0.717) is 29.7 Å². The van der Waals surface area contributed by atoms with Gasteiger partial charge in [0.25, 0.3) is 0 Å². The van der Waals surface area contributed by atoms with E-state index in [4.69, 9.17) is 4.74 Å². The lowest BCUT2D eigenvalue weighted by molar-refractivity contribution is -0.139. The molecule has 1 fully saturated rings. The highest BCUT2D eigenvalue weighted by atomic mass is 16.5. The number of rotatable bonds is 8. The second-order valence-corrected chi connectivity index (χ2v) is 13.7. The van der Waals surface area contributed by atoms with Crippen molar-refractivity contribution in [2.24, 2.45) is 17.3 Å². The number of hydrogen-bond donors (Lipinski definition) is 3. The molecule has 0 amide bonds. The Labute approximate surface area is 253 Å². The first-order valence-electron chi connectivity index (χ1n) is 14.7. The monoisotopic (exact) mass is 595 g/mol. The topological polar surface area (TPSA) is 136 Å². The number of fused-ring (bicyclic) bond motifs is 3. The Morgan fingerprint density at radius 2 is 1.77 bits per heavy atom. The Morgan fingerprint density at radius 1 is 1.14 bits per heavy atom. The van der Waals surface area contributed by atoms with Gasteiger partial charge in [-0.15, -0.1) is 0 Å². The van der Waals surface area contributed by atoms with E-state index < -0.39 is 46.4 Å². The second kappa shape index (κ2) is 11.2. The molecule has 0 unspecified atom stereocenters. The molecule has 1 saturated carbocycles. The zero-order valence-electron chi connectivity index (χ0n) is 27.0. The zero-order valence-corrected chi connectivity index (χ0v) is 27.0. The molecule has 4 rings (SSSR count). The summed E-state index contributed by atoms with van der Waals surface area (Å²) in [5.41, 5.74) is 0.459. The molecule has 0 bridgehead atoms. The smallest absolute Gasteiger partial charge is 0.187 e. The molecule has 0 aromatic heterocycles. The number of nitrogens with one attached hydrogen (secondary N) is 1. The number of carbonyl (C=O) groups is 4. The van der Waals surface area contributed by atoms with Gasteiger partial charge in [0.2, 0.25) is 0 Å². The highest BCUT2D eigenvalue weighted by molar-refractivity contribution is 6.24. The molecule has 10 nitrogen and oxygen atoms in total. The number of likely N-dealkylation sites (N-methyl/N-ethyl adjacent to an activating group) is 1. The van der Waals surface area contributed by atoms with Crippen LogP contribution in [0.25, 0.3) is 5.76 Å². The van der Waals surface area contributed by atoms with Gasteiger partial charge in [0.1, 0.15) is 22.8 Å². The largest absolute Gasteiger partial charge is 0.510 e. The van der Waals surface area contributed by atoms with Gasteiger partial charge in [-0.1, -0.05) is 0 Å².